The Morgan fingerprint density at radius 1 is 1.47 bits per heavy atom. The molecule has 0 radical (unpaired) electrons. The summed E-state index contributed by atoms with van der Waals surface area (Å²) >= 11 is 0. The lowest BCUT2D eigenvalue weighted by Crippen LogP contribution is -2.14. The molecule has 0 spiro atoms. The maximum Gasteiger partial charge on any atom is 0.311 e. The molecule has 0 fully saturated rings. The van der Waals surface area contributed by atoms with Gasteiger partial charge in [-0.15, -0.1) is 10.2 Å². The minimum Gasteiger partial charge on any atom is -0.355 e. The summed E-state index contributed by atoms with van der Waals surface area (Å²) in [6.07, 6.45) is 1.57. The third-order valence-electron chi connectivity index (χ3n) is 2.70. The first kappa shape index (κ1) is 12.9. The van der Waals surface area contributed by atoms with Crippen LogP contribution in [0.2, 0.25) is 0 Å². The number of rotatable bonds is 4. The second kappa shape index (κ2) is 5.01. The number of aromatic nitrogens is 4. The molecule has 8 heteroatoms. The molecule has 0 aliphatic rings. The van der Waals surface area contributed by atoms with Crippen LogP contribution in [0.25, 0.3) is 0 Å². The van der Waals surface area contributed by atoms with Gasteiger partial charge in [-0.25, -0.2) is 4.98 Å². The fourth-order valence-electron chi connectivity index (χ4n) is 1.76. The Kier molecular flexibility index (Phi) is 3.41. The minimum absolute atomic E-state index is 0.0559. The van der Waals surface area contributed by atoms with E-state index in [1.807, 2.05) is 14.0 Å². The van der Waals surface area contributed by atoms with Crippen molar-refractivity contribution in [1.29, 1.82) is 0 Å². The van der Waals surface area contributed by atoms with Gasteiger partial charge in [0.2, 0.25) is 5.82 Å². The first-order chi connectivity index (χ1) is 8.99. The average molecular weight is 262 g/mol. The molecule has 0 bridgehead atoms. The van der Waals surface area contributed by atoms with Gasteiger partial charge in [-0.2, -0.15) is 0 Å². The number of anilines is 1. The molecule has 0 amide bonds. The largest absolute Gasteiger partial charge is 0.355 e. The summed E-state index contributed by atoms with van der Waals surface area (Å²) in [6.45, 7) is 3.62. The SMILES string of the molecule is Cc1ccc([N+](=O)[O-])c(NC(C)c2nncn2C)n1. The van der Waals surface area contributed by atoms with Crippen LogP contribution in [0, 0.1) is 17.0 Å². The van der Waals surface area contributed by atoms with E-state index in [1.165, 1.54) is 6.07 Å². The number of nitrogens with one attached hydrogen (secondary N) is 1. The Morgan fingerprint density at radius 2 is 2.21 bits per heavy atom. The third kappa shape index (κ3) is 2.67. The summed E-state index contributed by atoms with van der Waals surface area (Å²) in [6, 6.07) is 2.81. The molecule has 1 unspecified atom stereocenters. The van der Waals surface area contributed by atoms with Gasteiger partial charge in [0.25, 0.3) is 0 Å². The van der Waals surface area contributed by atoms with Gasteiger partial charge in [0, 0.05) is 18.8 Å². The van der Waals surface area contributed by atoms with E-state index >= 15 is 0 Å². The highest BCUT2D eigenvalue weighted by atomic mass is 16.6. The summed E-state index contributed by atoms with van der Waals surface area (Å²) in [5.41, 5.74) is 0.651. The normalized spacial score (nSPS) is 12.2. The molecule has 1 N–H and O–H groups in total. The highest BCUT2D eigenvalue weighted by Crippen LogP contribution is 2.25. The van der Waals surface area contributed by atoms with Crippen molar-refractivity contribution in [2.24, 2.45) is 7.05 Å². The fourth-order valence-corrected chi connectivity index (χ4v) is 1.76. The predicted octanol–water partition coefficient (Wildman–Crippen LogP) is 1.60. The fraction of sp³-hybridized carbons (Fsp3) is 0.364. The lowest BCUT2D eigenvalue weighted by molar-refractivity contribution is -0.384. The molecular weight excluding hydrogens is 248 g/mol. The van der Waals surface area contributed by atoms with Crippen molar-refractivity contribution in [3.05, 3.63) is 40.1 Å². The number of aryl methyl sites for hydroxylation is 2. The second-order valence-electron chi connectivity index (χ2n) is 4.24. The maximum absolute atomic E-state index is 11.0. The summed E-state index contributed by atoms with van der Waals surface area (Å²) < 4.78 is 1.75. The van der Waals surface area contributed by atoms with Crippen molar-refractivity contribution in [1.82, 2.24) is 19.7 Å². The topological polar surface area (TPSA) is 98.8 Å². The number of nitro groups is 1. The molecular formula is C11H14N6O2. The Bertz CT molecular complexity index is 609. The van der Waals surface area contributed by atoms with Gasteiger partial charge >= 0.3 is 5.69 Å². The van der Waals surface area contributed by atoms with Gasteiger partial charge in [-0.05, 0) is 19.9 Å². The van der Waals surface area contributed by atoms with E-state index in [0.29, 0.717) is 11.5 Å². The standard InChI is InChI=1S/C11H14N6O2/c1-7-4-5-9(17(18)19)10(13-7)14-8(2)11-15-12-6-16(11)3/h4-6,8H,1-3H3,(H,13,14). The van der Waals surface area contributed by atoms with E-state index in [4.69, 9.17) is 0 Å². The van der Waals surface area contributed by atoms with Crippen molar-refractivity contribution in [3.63, 3.8) is 0 Å². The number of pyridine rings is 1. The molecule has 0 aliphatic carbocycles. The number of hydrogen-bond donors (Lipinski definition) is 1. The average Bonchev–Trinajstić information content (AvgIpc) is 2.75. The van der Waals surface area contributed by atoms with Crippen LogP contribution < -0.4 is 5.32 Å². The van der Waals surface area contributed by atoms with Crippen LogP contribution in [0.15, 0.2) is 18.5 Å². The maximum atomic E-state index is 11.0. The molecule has 0 aromatic carbocycles. The lowest BCUT2D eigenvalue weighted by atomic mass is 10.2. The predicted molar refractivity (Wildman–Crippen MR) is 68.7 cm³/mol. The van der Waals surface area contributed by atoms with Crippen LogP contribution in [0.1, 0.15) is 24.5 Å². The minimum atomic E-state index is -0.460. The van der Waals surface area contributed by atoms with Crippen LogP contribution in [0.4, 0.5) is 11.5 Å². The lowest BCUT2D eigenvalue weighted by Gasteiger charge is -2.13. The molecule has 0 saturated carbocycles. The Balaban J connectivity index is 2.30. The Labute approximate surface area is 109 Å². The smallest absolute Gasteiger partial charge is 0.311 e. The van der Waals surface area contributed by atoms with Gasteiger partial charge in [0.05, 0.1) is 11.0 Å². The summed E-state index contributed by atoms with van der Waals surface area (Å²) in [4.78, 5) is 14.7. The Hall–Kier alpha value is -2.51. The monoisotopic (exact) mass is 262 g/mol. The molecule has 2 aromatic heterocycles. The molecule has 2 heterocycles. The first-order valence-electron chi connectivity index (χ1n) is 5.71. The quantitative estimate of drug-likeness (QED) is 0.663. The summed E-state index contributed by atoms with van der Waals surface area (Å²) in [7, 11) is 1.81. The molecule has 1 atom stereocenters. The molecule has 0 aliphatic heterocycles. The highest BCUT2D eigenvalue weighted by molar-refractivity contribution is 5.56. The van der Waals surface area contributed by atoms with E-state index in [1.54, 1.807) is 23.9 Å². The molecule has 2 aromatic rings. The molecule has 0 saturated heterocycles. The second-order valence-corrected chi connectivity index (χ2v) is 4.24. The van der Waals surface area contributed by atoms with Crippen molar-refractivity contribution >= 4 is 11.5 Å². The molecule has 2 rings (SSSR count). The van der Waals surface area contributed by atoms with E-state index in [-0.39, 0.29) is 17.5 Å². The van der Waals surface area contributed by atoms with Gasteiger partial charge in [0.15, 0.2) is 5.82 Å². The van der Waals surface area contributed by atoms with Gasteiger partial charge < -0.3 is 9.88 Å². The Morgan fingerprint density at radius 3 is 2.79 bits per heavy atom. The zero-order valence-corrected chi connectivity index (χ0v) is 10.9. The van der Waals surface area contributed by atoms with Crippen LogP contribution in [-0.2, 0) is 7.05 Å². The van der Waals surface area contributed by atoms with Crippen LogP contribution >= 0.6 is 0 Å². The van der Waals surface area contributed by atoms with E-state index < -0.39 is 4.92 Å². The van der Waals surface area contributed by atoms with Crippen molar-refractivity contribution in [2.75, 3.05) is 5.32 Å². The highest BCUT2D eigenvalue weighted by Gasteiger charge is 2.19. The zero-order chi connectivity index (χ0) is 14.0. The van der Waals surface area contributed by atoms with E-state index in [0.717, 1.165) is 0 Å². The van der Waals surface area contributed by atoms with Gasteiger partial charge in [0.1, 0.15) is 6.33 Å². The van der Waals surface area contributed by atoms with Crippen molar-refractivity contribution in [3.8, 4) is 0 Å². The first-order valence-corrected chi connectivity index (χ1v) is 5.71. The van der Waals surface area contributed by atoms with Gasteiger partial charge in [-0.1, -0.05) is 0 Å². The summed E-state index contributed by atoms with van der Waals surface area (Å²) in [5.74, 6) is 0.915. The summed E-state index contributed by atoms with van der Waals surface area (Å²) in [5, 5.41) is 21.7. The zero-order valence-electron chi connectivity index (χ0n) is 10.9. The molecule has 8 nitrogen and oxygen atoms in total. The van der Waals surface area contributed by atoms with E-state index in [9.17, 15) is 10.1 Å². The number of hydrogen-bond acceptors (Lipinski definition) is 6. The molecule has 100 valence electrons. The van der Waals surface area contributed by atoms with Crippen LogP contribution in [-0.4, -0.2) is 24.7 Å². The van der Waals surface area contributed by atoms with Gasteiger partial charge in [-0.3, -0.25) is 10.1 Å². The van der Waals surface area contributed by atoms with Crippen LogP contribution in [0.3, 0.4) is 0 Å². The van der Waals surface area contributed by atoms with E-state index in [2.05, 4.69) is 20.5 Å². The molecule has 19 heavy (non-hydrogen) atoms. The third-order valence-corrected chi connectivity index (χ3v) is 2.70. The number of nitrogens with zero attached hydrogens (tertiary/aromatic N) is 5. The van der Waals surface area contributed by atoms with Crippen molar-refractivity contribution in [2.45, 2.75) is 19.9 Å². The van der Waals surface area contributed by atoms with Crippen molar-refractivity contribution < 1.29 is 4.92 Å². The van der Waals surface area contributed by atoms with Crippen LogP contribution in [0.5, 0.6) is 0 Å².